The van der Waals surface area contributed by atoms with E-state index in [0.717, 1.165) is 16.5 Å². The van der Waals surface area contributed by atoms with E-state index in [1.54, 1.807) is 30.5 Å². The smallest absolute Gasteiger partial charge is 0.282 e. The third-order valence-electron chi connectivity index (χ3n) is 5.51. The van der Waals surface area contributed by atoms with Crippen LogP contribution in [0.2, 0.25) is 10.0 Å². The molecular formula is C26H22BrCl2N3O2. The summed E-state index contributed by atoms with van der Waals surface area (Å²) in [4.78, 5) is 18.1. The summed E-state index contributed by atoms with van der Waals surface area (Å²) in [5.74, 6) is 1.20. The molecule has 0 aliphatic heterocycles. The maximum Gasteiger partial charge on any atom is 0.282 e. The fourth-order valence-electron chi connectivity index (χ4n) is 3.42. The Kier molecular flexibility index (Phi) is 7.71. The van der Waals surface area contributed by atoms with Crippen molar-refractivity contribution in [2.24, 2.45) is 5.10 Å². The first-order chi connectivity index (χ1) is 16.4. The number of nitrogens with zero attached hydrogens (tertiary/aromatic N) is 3. The minimum Gasteiger partial charge on any atom is -0.488 e. The molecule has 1 aromatic heterocycles. The number of rotatable bonds is 7. The van der Waals surface area contributed by atoms with Crippen molar-refractivity contribution in [2.75, 3.05) is 0 Å². The summed E-state index contributed by atoms with van der Waals surface area (Å²) in [6.07, 6.45) is 2.39. The maximum absolute atomic E-state index is 13.4. The largest absolute Gasteiger partial charge is 0.488 e. The molecule has 5 nitrogen and oxygen atoms in total. The summed E-state index contributed by atoms with van der Waals surface area (Å²) in [5.41, 5.74) is 1.90. The van der Waals surface area contributed by atoms with Crippen LogP contribution in [0.4, 0.5) is 0 Å². The van der Waals surface area contributed by atoms with Gasteiger partial charge in [0.2, 0.25) is 0 Å². The topological polar surface area (TPSA) is 56.5 Å². The summed E-state index contributed by atoms with van der Waals surface area (Å²) in [6, 6.07) is 18.2. The normalized spacial score (nSPS) is 12.4. The lowest BCUT2D eigenvalue weighted by Crippen LogP contribution is -2.23. The van der Waals surface area contributed by atoms with Gasteiger partial charge in [-0.15, -0.1) is 0 Å². The second kappa shape index (κ2) is 10.7. The molecule has 0 unspecified atom stereocenters. The number of hydrogen-bond acceptors (Lipinski definition) is 4. The van der Waals surface area contributed by atoms with Crippen molar-refractivity contribution in [3.05, 3.63) is 102 Å². The standard InChI is InChI=1S/C26H22BrCl2N3O2/c1-3-16(2)25-31-23-10-8-19(27)13-21(23)26(33)32(25)30-14-18-12-20(28)9-11-24(18)34-15-17-6-4-5-7-22(17)29/h4-14,16H,3,15H2,1-2H3/t16-/m1/s1. The van der Waals surface area contributed by atoms with Gasteiger partial charge in [0.05, 0.1) is 17.1 Å². The molecule has 0 saturated heterocycles. The van der Waals surface area contributed by atoms with Gasteiger partial charge >= 0.3 is 0 Å². The van der Waals surface area contributed by atoms with Crippen LogP contribution in [0.1, 0.15) is 43.1 Å². The summed E-state index contributed by atoms with van der Waals surface area (Å²) in [7, 11) is 0. The Morgan fingerprint density at radius 3 is 2.71 bits per heavy atom. The van der Waals surface area contributed by atoms with Gasteiger partial charge in [-0.3, -0.25) is 4.79 Å². The monoisotopic (exact) mass is 557 g/mol. The molecule has 34 heavy (non-hydrogen) atoms. The quantitative estimate of drug-likeness (QED) is 0.221. The molecule has 0 aliphatic rings. The Hall–Kier alpha value is -2.67. The van der Waals surface area contributed by atoms with E-state index in [1.165, 1.54) is 4.68 Å². The maximum atomic E-state index is 13.4. The molecule has 4 aromatic rings. The molecular weight excluding hydrogens is 537 g/mol. The third kappa shape index (κ3) is 5.35. The number of ether oxygens (including phenoxy) is 1. The number of halogens is 3. The molecule has 0 amide bonds. The van der Waals surface area contributed by atoms with Gasteiger partial charge in [-0.05, 0) is 48.9 Å². The van der Waals surface area contributed by atoms with Gasteiger partial charge < -0.3 is 4.74 Å². The second-order valence-electron chi connectivity index (χ2n) is 7.86. The average Bonchev–Trinajstić information content (AvgIpc) is 2.83. The Morgan fingerprint density at radius 2 is 1.94 bits per heavy atom. The van der Waals surface area contributed by atoms with Gasteiger partial charge in [-0.25, -0.2) is 4.98 Å². The molecule has 0 spiro atoms. The zero-order chi connectivity index (χ0) is 24.2. The van der Waals surface area contributed by atoms with Crippen LogP contribution in [0, 0.1) is 0 Å². The summed E-state index contributed by atoms with van der Waals surface area (Å²) in [6.45, 7) is 4.36. The average molecular weight is 559 g/mol. The first kappa shape index (κ1) is 24.5. The second-order valence-corrected chi connectivity index (χ2v) is 9.62. The van der Waals surface area contributed by atoms with E-state index in [-0.39, 0.29) is 18.1 Å². The zero-order valence-corrected chi connectivity index (χ0v) is 21.7. The minimum atomic E-state index is -0.238. The van der Waals surface area contributed by atoms with E-state index in [0.29, 0.717) is 38.1 Å². The van der Waals surface area contributed by atoms with Gasteiger partial charge in [0.15, 0.2) is 0 Å². The highest BCUT2D eigenvalue weighted by atomic mass is 79.9. The van der Waals surface area contributed by atoms with Crippen molar-refractivity contribution >= 4 is 56.2 Å². The fraction of sp³-hybridized carbons (Fsp3) is 0.192. The lowest BCUT2D eigenvalue weighted by molar-refractivity contribution is 0.306. The molecule has 0 fully saturated rings. The van der Waals surface area contributed by atoms with Crippen molar-refractivity contribution in [2.45, 2.75) is 32.8 Å². The molecule has 0 radical (unpaired) electrons. The van der Waals surface area contributed by atoms with Crippen LogP contribution in [0.15, 0.2) is 75.0 Å². The van der Waals surface area contributed by atoms with Crippen molar-refractivity contribution < 1.29 is 4.74 Å². The Morgan fingerprint density at radius 1 is 1.15 bits per heavy atom. The van der Waals surface area contributed by atoms with E-state index in [2.05, 4.69) is 21.0 Å². The van der Waals surface area contributed by atoms with Gasteiger partial charge in [-0.2, -0.15) is 9.78 Å². The highest BCUT2D eigenvalue weighted by Crippen LogP contribution is 2.25. The van der Waals surface area contributed by atoms with Gasteiger partial charge in [0.25, 0.3) is 5.56 Å². The molecule has 0 N–H and O–H groups in total. The minimum absolute atomic E-state index is 0.0354. The first-order valence-electron chi connectivity index (χ1n) is 10.8. The Balaban J connectivity index is 1.75. The first-order valence-corrected chi connectivity index (χ1v) is 12.3. The number of benzene rings is 3. The molecule has 8 heteroatoms. The van der Waals surface area contributed by atoms with E-state index in [4.69, 9.17) is 32.9 Å². The predicted molar refractivity (Wildman–Crippen MR) is 143 cm³/mol. The van der Waals surface area contributed by atoms with Crippen molar-refractivity contribution in [3.8, 4) is 5.75 Å². The predicted octanol–water partition coefficient (Wildman–Crippen LogP) is 7.44. The van der Waals surface area contributed by atoms with Gasteiger partial charge in [0.1, 0.15) is 18.2 Å². The van der Waals surface area contributed by atoms with Crippen LogP contribution in [0.5, 0.6) is 5.75 Å². The molecule has 4 rings (SSSR count). The lowest BCUT2D eigenvalue weighted by atomic mass is 10.1. The van der Waals surface area contributed by atoms with Crippen LogP contribution < -0.4 is 10.3 Å². The molecule has 174 valence electrons. The van der Waals surface area contributed by atoms with Crippen molar-refractivity contribution in [1.29, 1.82) is 0 Å². The lowest BCUT2D eigenvalue weighted by Gasteiger charge is -2.14. The van der Waals surface area contributed by atoms with E-state index >= 15 is 0 Å². The van der Waals surface area contributed by atoms with E-state index < -0.39 is 0 Å². The Labute approximate surface area is 216 Å². The van der Waals surface area contributed by atoms with E-state index in [1.807, 2.05) is 50.2 Å². The molecule has 0 saturated carbocycles. The van der Waals surface area contributed by atoms with Crippen LogP contribution in [-0.4, -0.2) is 15.9 Å². The molecule has 1 heterocycles. The molecule has 0 aliphatic carbocycles. The van der Waals surface area contributed by atoms with E-state index in [9.17, 15) is 4.79 Å². The van der Waals surface area contributed by atoms with Gasteiger partial charge in [0, 0.05) is 31.6 Å². The van der Waals surface area contributed by atoms with Gasteiger partial charge in [-0.1, -0.05) is 71.2 Å². The number of hydrogen-bond donors (Lipinski definition) is 0. The molecule has 1 atom stereocenters. The van der Waals surface area contributed by atoms with Crippen LogP contribution >= 0.6 is 39.1 Å². The highest BCUT2D eigenvalue weighted by molar-refractivity contribution is 9.10. The van der Waals surface area contributed by atoms with Crippen molar-refractivity contribution in [3.63, 3.8) is 0 Å². The van der Waals surface area contributed by atoms with Crippen LogP contribution in [-0.2, 0) is 6.61 Å². The molecule has 0 bridgehead atoms. The third-order valence-corrected chi connectivity index (χ3v) is 6.61. The Bertz CT molecular complexity index is 1440. The number of aromatic nitrogens is 2. The molecule has 3 aromatic carbocycles. The van der Waals surface area contributed by atoms with Crippen LogP contribution in [0.25, 0.3) is 10.9 Å². The highest BCUT2D eigenvalue weighted by Gasteiger charge is 2.16. The summed E-state index contributed by atoms with van der Waals surface area (Å²) < 4.78 is 8.18. The fourth-order valence-corrected chi connectivity index (χ4v) is 4.15. The summed E-state index contributed by atoms with van der Waals surface area (Å²) in [5, 5.41) is 6.18. The zero-order valence-electron chi connectivity index (χ0n) is 18.6. The SMILES string of the molecule is CC[C@@H](C)c1nc2ccc(Br)cc2c(=O)n1N=Cc1cc(Cl)ccc1OCc1ccccc1Cl. The van der Waals surface area contributed by atoms with Crippen molar-refractivity contribution in [1.82, 2.24) is 9.66 Å². The summed E-state index contributed by atoms with van der Waals surface area (Å²) >= 11 is 15.9. The van der Waals surface area contributed by atoms with Crippen LogP contribution in [0.3, 0.4) is 0 Å². The number of fused-ring (bicyclic) bond motifs is 1.